The highest BCUT2D eigenvalue weighted by Gasteiger charge is 2.55. The molecule has 0 aromatic carbocycles. The Balaban J connectivity index is 2.19. The molecule has 2 aliphatic rings. The van der Waals surface area contributed by atoms with Crippen molar-refractivity contribution < 1.29 is 4.74 Å². The van der Waals surface area contributed by atoms with E-state index < -0.39 is 0 Å². The SMILES string of the molecule is CC(C)(N)C1(C2=COCCC2)CC1. The van der Waals surface area contributed by atoms with Crippen LogP contribution in [-0.4, -0.2) is 12.1 Å². The first-order chi connectivity index (χ1) is 6.06. The second-order valence-corrected chi connectivity index (χ2v) is 4.92. The highest BCUT2D eigenvalue weighted by atomic mass is 16.5. The van der Waals surface area contributed by atoms with Crippen LogP contribution in [0.1, 0.15) is 39.5 Å². The van der Waals surface area contributed by atoms with Crippen molar-refractivity contribution in [3.05, 3.63) is 11.8 Å². The molecule has 13 heavy (non-hydrogen) atoms. The molecular weight excluding hydrogens is 162 g/mol. The minimum Gasteiger partial charge on any atom is -0.501 e. The van der Waals surface area contributed by atoms with Crippen LogP contribution in [0.2, 0.25) is 0 Å². The van der Waals surface area contributed by atoms with Gasteiger partial charge < -0.3 is 10.5 Å². The Kier molecular flexibility index (Phi) is 1.91. The smallest absolute Gasteiger partial charge is 0.0876 e. The Labute approximate surface area is 80.1 Å². The topological polar surface area (TPSA) is 35.2 Å². The summed E-state index contributed by atoms with van der Waals surface area (Å²) in [6, 6.07) is 0. The molecule has 0 unspecified atom stereocenters. The number of nitrogens with two attached hydrogens (primary N) is 1. The summed E-state index contributed by atoms with van der Waals surface area (Å²) >= 11 is 0. The average Bonchev–Trinajstić information content (AvgIpc) is 2.84. The fourth-order valence-electron chi connectivity index (χ4n) is 2.42. The number of rotatable bonds is 2. The molecule has 0 aromatic rings. The van der Waals surface area contributed by atoms with Gasteiger partial charge in [-0.2, -0.15) is 0 Å². The van der Waals surface area contributed by atoms with Crippen molar-refractivity contribution in [1.82, 2.24) is 0 Å². The lowest BCUT2D eigenvalue weighted by atomic mass is 9.77. The first-order valence-electron chi connectivity index (χ1n) is 5.16. The lowest BCUT2D eigenvalue weighted by molar-refractivity contribution is 0.204. The molecule has 1 saturated carbocycles. The van der Waals surface area contributed by atoms with Gasteiger partial charge in [0.1, 0.15) is 0 Å². The van der Waals surface area contributed by atoms with Crippen molar-refractivity contribution >= 4 is 0 Å². The Morgan fingerprint density at radius 2 is 2.15 bits per heavy atom. The van der Waals surface area contributed by atoms with E-state index in [0.29, 0.717) is 0 Å². The minimum absolute atomic E-state index is 0.0838. The van der Waals surface area contributed by atoms with E-state index in [2.05, 4.69) is 13.8 Å². The Bertz CT molecular complexity index is 233. The van der Waals surface area contributed by atoms with Gasteiger partial charge in [-0.1, -0.05) is 0 Å². The quantitative estimate of drug-likeness (QED) is 0.708. The van der Waals surface area contributed by atoms with Gasteiger partial charge in [-0.3, -0.25) is 0 Å². The Hall–Kier alpha value is -0.500. The maximum atomic E-state index is 6.21. The minimum atomic E-state index is -0.0838. The number of ether oxygens (including phenoxy) is 1. The summed E-state index contributed by atoms with van der Waals surface area (Å²) in [5.74, 6) is 0. The van der Waals surface area contributed by atoms with Crippen LogP contribution >= 0.6 is 0 Å². The summed E-state index contributed by atoms with van der Waals surface area (Å²) in [7, 11) is 0. The predicted octanol–water partition coefficient (Wildman–Crippen LogP) is 2.20. The van der Waals surface area contributed by atoms with Crippen molar-refractivity contribution in [2.24, 2.45) is 11.1 Å². The molecule has 1 fully saturated rings. The normalized spacial score (nSPS) is 26.2. The van der Waals surface area contributed by atoms with Crippen molar-refractivity contribution in [1.29, 1.82) is 0 Å². The fraction of sp³-hybridized carbons (Fsp3) is 0.818. The van der Waals surface area contributed by atoms with Gasteiger partial charge >= 0.3 is 0 Å². The van der Waals surface area contributed by atoms with E-state index in [-0.39, 0.29) is 11.0 Å². The molecule has 0 aromatic heterocycles. The Morgan fingerprint density at radius 1 is 1.46 bits per heavy atom. The molecule has 0 saturated heterocycles. The van der Waals surface area contributed by atoms with Gasteiger partial charge in [0.05, 0.1) is 12.9 Å². The van der Waals surface area contributed by atoms with Crippen molar-refractivity contribution in [2.45, 2.75) is 45.1 Å². The van der Waals surface area contributed by atoms with E-state index in [1.807, 2.05) is 6.26 Å². The third kappa shape index (κ3) is 1.37. The summed E-state index contributed by atoms with van der Waals surface area (Å²) in [6.07, 6.45) is 6.78. The molecule has 0 atom stereocenters. The van der Waals surface area contributed by atoms with Crippen LogP contribution in [0.5, 0.6) is 0 Å². The molecule has 0 bridgehead atoms. The summed E-state index contributed by atoms with van der Waals surface area (Å²) in [6.45, 7) is 5.15. The van der Waals surface area contributed by atoms with Crippen molar-refractivity contribution in [3.63, 3.8) is 0 Å². The van der Waals surface area contributed by atoms with Gasteiger partial charge in [0.15, 0.2) is 0 Å². The monoisotopic (exact) mass is 181 g/mol. The van der Waals surface area contributed by atoms with E-state index in [0.717, 1.165) is 13.0 Å². The Morgan fingerprint density at radius 3 is 2.54 bits per heavy atom. The molecule has 0 amide bonds. The molecule has 1 aliphatic carbocycles. The summed E-state index contributed by atoms with van der Waals surface area (Å²) in [5.41, 5.74) is 7.85. The number of hydrogen-bond acceptors (Lipinski definition) is 2. The van der Waals surface area contributed by atoms with Gasteiger partial charge in [-0.15, -0.1) is 0 Å². The first kappa shape index (κ1) is 9.07. The van der Waals surface area contributed by atoms with Crippen LogP contribution in [-0.2, 0) is 4.74 Å². The zero-order valence-corrected chi connectivity index (χ0v) is 8.60. The van der Waals surface area contributed by atoms with E-state index in [4.69, 9.17) is 10.5 Å². The van der Waals surface area contributed by atoms with Crippen LogP contribution in [0.4, 0.5) is 0 Å². The zero-order valence-electron chi connectivity index (χ0n) is 8.60. The summed E-state index contributed by atoms with van der Waals surface area (Å²) < 4.78 is 5.39. The molecule has 2 N–H and O–H groups in total. The number of hydrogen-bond donors (Lipinski definition) is 1. The van der Waals surface area contributed by atoms with E-state index in [1.54, 1.807) is 0 Å². The summed E-state index contributed by atoms with van der Waals surface area (Å²) in [4.78, 5) is 0. The second-order valence-electron chi connectivity index (χ2n) is 4.92. The molecule has 2 rings (SSSR count). The predicted molar refractivity (Wildman–Crippen MR) is 53.2 cm³/mol. The van der Waals surface area contributed by atoms with E-state index in [1.165, 1.54) is 24.8 Å². The highest BCUT2D eigenvalue weighted by molar-refractivity contribution is 5.27. The van der Waals surface area contributed by atoms with E-state index >= 15 is 0 Å². The van der Waals surface area contributed by atoms with E-state index in [9.17, 15) is 0 Å². The molecule has 2 heteroatoms. The third-order valence-electron chi connectivity index (χ3n) is 3.53. The van der Waals surface area contributed by atoms with Crippen molar-refractivity contribution in [3.8, 4) is 0 Å². The van der Waals surface area contributed by atoms with Gasteiger partial charge in [-0.25, -0.2) is 0 Å². The van der Waals surface area contributed by atoms with Crippen LogP contribution in [0, 0.1) is 5.41 Å². The molecule has 0 spiro atoms. The molecule has 1 aliphatic heterocycles. The van der Waals surface area contributed by atoms with Gasteiger partial charge in [-0.05, 0) is 45.1 Å². The molecular formula is C11H19NO. The van der Waals surface area contributed by atoms with Crippen molar-refractivity contribution in [2.75, 3.05) is 6.61 Å². The van der Waals surface area contributed by atoms with Gasteiger partial charge in [0.25, 0.3) is 0 Å². The second kappa shape index (κ2) is 2.74. The van der Waals surface area contributed by atoms with Crippen LogP contribution < -0.4 is 5.73 Å². The lowest BCUT2D eigenvalue weighted by Gasteiger charge is -2.34. The summed E-state index contributed by atoms with van der Waals surface area (Å²) in [5, 5.41) is 0. The largest absolute Gasteiger partial charge is 0.501 e. The zero-order chi connectivity index (χ0) is 9.53. The maximum Gasteiger partial charge on any atom is 0.0876 e. The molecule has 0 radical (unpaired) electrons. The lowest BCUT2D eigenvalue weighted by Crippen LogP contribution is -2.44. The van der Waals surface area contributed by atoms with Gasteiger partial charge in [0, 0.05) is 11.0 Å². The average molecular weight is 181 g/mol. The van der Waals surface area contributed by atoms with Crippen LogP contribution in [0.3, 0.4) is 0 Å². The van der Waals surface area contributed by atoms with Gasteiger partial charge in [0.2, 0.25) is 0 Å². The third-order valence-corrected chi connectivity index (χ3v) is 3.53. The molecule has 74 valence electrons. The molecule has 2 nitrogen and oxygen atoms in total. The fourth-order valence-corrected chi connectivity index (χ4v) is 2.42. The first-order valence-corrected chi connectivity index (χ1v) is 5.16. The highest BCUT2D eigenvalue weighted by Crippen LogP contribution is 2.59. The standard InChI is InChI=1S/C11H19NO/c1-10(2,12)11(5-6-11)9-4-3-7-13-8-9/h8H,3-7,12H2,1-2H3. The molecule has 1 heterocycles. The van der Waals surface area contributed by atoms with Crippen LogP contribution in [0.25, 0.3) is 0 Å². The maximum absolute atomic E-state index is 6.21. The van der Waals surface area contributed by atoms with Crippen LogP contribution in [0.15, 0.2) is 11.8 Å².